The smallest absolute Gasteiger partial charge is 0.312 e. The molecule has 1 unspecified atom stereocenters. The Bertz CT molecular complexity index is 1190. The van der Waals surface area contributed by atoms with Crippen LogP contribution in [0.15, 0.2) is 47.8 Å². The van der Waals surface area contributed by atoms with E-state index in [0.29, 0.717) is 10.7 Å². The highest BCUT2D eigenvalue weighted by Crippen LogP contribution is 2.22. The number of thiazole rings is 1. The van der Waals surface area contributed by atoms with Crippen LogP contribution in [0.25, 0.3) is 0 Å². The summed E-state index contributed by atoms with van der Waals surface area (Å²) in [6, 6.07) is 12.0. The summed E-state index contributed by atoms with van der Waals surface area (Å²) < 4.78 is 5.36. The van der Waals surface area contributed by atoms with Crippen LogP contribution in [0, 0.1) is 20.8 Å². The summed E-state index contributed by atoms with van der Waals surface area (Å²) in [6.45, 7) is 5.78. The maximum atomic E-state index is 12.4. The van der Waals surface area contributed by atoms with Crippen molar-refractivity contribution < 1.29 is 19.1 Å². The number of ether oxygens (including phenoxy) is 1. The van der Waals surface area contributed by atoms with E-state index in [0.717, 1.165) is 27.9 Å². The van der Waals surface area contributed by atoms with Gasteiger partial charge in [0.15, 0.2) is 0 Å². The van der Waals surface area contributed by atoms with Crippen LogP contribution in [-0.4, -0.2) is 22.9 Å². The molecule has 3 aromatic rings. The minimum Gasteiger partial charge on any atom is -0.459 e. The topological polar surface area (TPSA) is 123 Å². The van der Waals surface area contributed by atoms with Gasteiger partial charge in [-0.25, -0.2) is 9.78 Å². The average molecular weight is 481 g/mol. The molecule has 3 rings (SSSR count). The van der Waals surface area contributed by atoms with Crippen LogP contribution in [-0.2, 0) is 27.4 Å². The Morgan fingerprint density at radius 2 is 1.85 bits per heavy atom. The van der Waals surface area contributed by atoms with E-state index in [1.165, 1.54) is 11.3 Å². The molecule has 0 aliphatic carbocycles. The van der Waals surface area contributed by atoms with Gasteiger partial charge in [0.1, 0.15) is 11.6 Å². The molecule has 8 nitrogen and oxygen atoms in total. The minimum absolute atomic E-state index is 0.0228. The lowest BCUT2D eigenvalue weighted by Crippen LogP contribution is -2.35. The van der Waals surface area contributed by atoms with Gasteiger partial charge in [-0.15, -0.1) is 11.3 Å². The number of hydrogen-bond acceptors (Lipinski definition) is 6. The van der Waals surface area contributed by atoms with Crippen molar-refractivity contribution in [1.29, 1.82) is 0 Å². The van der Waals surface area contributed by atoms with Crippen LogP contribution in [0.3, 0.4) is 0 Å². The highest BCUT2D eigenvalue weighted by Gasteiger charge is 2.20. The van der Waals surface area contributed by atoms with Gasteiger partial charge in [-0.05, 0) is 49.1 Å². The second-order valence-corrected chi connectivity index (χ2v) is 9.00. The molecule has 1 atom stereocenters. The van der Waals surface area contributed by atoms with Gasteiger partial charge in [0, 0.05) is 11.1 Å². The number of anilines is 1. The van der Waals surface area contributed by atoms with E-state index in [2.05, 4.69) is 15.6 Å². The van der Waals surface area contributed by atoms with E-state index >= 15 is 0 Å². The SMILES string of the molecule is Cc1ccc(C)c(NC(=O)Cc2nc(COC(=O)CC(NC(N)=O)c3ccccc3C)cs2)c1. The summed E-state index contributed by atoms with van der Waals surface area (Å²) >= 11 is 1.33. The Morgan fingerprint density at radius 3 is 2.59 bits per heavy atom. The van der Waals surface area contributed by atoms with Gasteiger partial charge in [0.2, 0.25) is 5.91 Å². The van der Waals surface area contributed by atoms with Gasteiger partial charge >= 0.3 is 12.0 Å². The standard InChI is InChI=1S/C25H28N4O4S/c1-15-8-9-17(3)20(10-15)28-22(30)12-23-27-18(14-34-23)13-33-24(31)11-21(29-25(26)32)19-7-5-4-6-16(19)2/h4-10,14,21H,11-13H2,1-3H3,(H,28,30)(H3,26,29,32). The van der Waals surface area contributed by atoms with Crippen molar-refractivity contribution in [2.24, 2.45) is 5.73 Å². The molecule has 0 aliphatic rings. The lowest BCUT2D eigenvalue weighted by atomic mass is 9.99. The number of benzene rings is 2. The lowest BCUT2D eigenvalue weighted by Gasteiger charge is -2.19. The molecule has 34 heavy (non-hydrogen) atoms. The van der Waals surface area contributed by atoms with Gasteiger partial charge in [-0.1, -0.05) is 36.4 Å². The Hall–Kier alpha value is -3.72. The number of nitrogens with two attached hydrogens (primary N) is 1. The maximum absolute atomic E-state index is 12.4. The predicted molar refractivity (Wildman–Crippen MR) is 131 cm³/mol. The number of carbonyl (C=O) groups is 3. The first kappa shape index (κ1) is 24.9. The molecule has 0 fully saturated rings. The number of carbonyl (C=O) groups excluding carboxylic acids is 3. The van der Waals surface area contributed by atoms with Crippen LogP contribution >= 0.6 is 11.3 Å². The van der Waals surface area contributed by atoms with E-state index in [1.807, 2.05) is 63.2 Å². The van der Waals surface area contributed by atoms with Crippen LogP contribution < -0.4 is 16.4 Å². The first-order valence-corrected chi connectivity index (χ1v) is 11.7. The number of esters is 1. The maximum Gasteiger partial charge on any atom is 0.312 e. The number of urea groups is 1. The number of rotatable bonds is 9. The summed E-state index contributed by atoms with van der Waals surface area (Å²) in [5.41, 5.74) is 10.4. The first-order valence-electron chi connectivity index (χ1n) is 10.8. The molecule has 178 valence electrons. The molecular weight excluding hydrogens is 452 g/mol. The van der Waals surface area contributed by atoms with Crippen molar-refractivity contribution in [3.8, 4) is 0 Å². The fourth-order valence-corrected chi connectivity index (χ4v) is 4.24. The van der Waals surface area contributed by atoms with E-state index in [4.69, 9.17) is 10.5 Å². The van der Waals surface area contributed by atoms with Crippen molar-refractivity contribution in [3.63, 3.8) is 0 Å². The molecule has 1 heterocycles. The molecular formula is C25H28N4O4S. The Kier molecular flexibility index (Phi) is 8.37. The third kappa shape index (κ3) is 7.14. The monoisotopic (exact) mass is 480 g/mol. The molecule has 1 aromatic heterocycles. The molecule has 0 radical (unpaired) electrons. The Morgan fingerprint density at radius 1 is 1.09 bits per heavy atom. The van der Waals surface area contributed by atoms with Crippen molar-refractivity contribution in [2.75, 3.05) is 5.32 Å². The number of hydrogen-bond donors (Lipinski definition) is 3. The van der Waals surface area contributed by atoms with Crippen molar-refractivity contribution >= 4 is 34.9 Å². The summed E-state index contributed by atoms with van der Waals surface area (Å²) in [5, 5.41) is 7.90. The number of nitrogens with one attached hydrogen (secondary N) is 2. The van der Waals surface area contributed by atoms with Crippen LogP contribution in [0.4, 0.5) is 10.5 Å². The van der Waals surface area contributed by atoms with E-state index in [1.54, 1.807) is 5.38 Å². The average Bonchev–Trinajstić information content (AvgIpc) is 3.21. The highest BCUT2D eigenvalue weighted by molar-refractivity contribution is 7.09. The summed E-state index contributed by atoms with van der Waals surface area (Å²) in [7, 11) is 0. The third-order valence-corrected chi connectivity index (χ3v) is 6.11. The Balaban J connectivity index is 1.53. The van der Waals surface area contributed by atoms with Crippen LogP contribution in [0.1, 0.15) is 45.4 Å². The zero-order valence-electron chi connectivity index (χ0n) is 19.4. The quantitative estimate of drug-likeness (QED) is 0.398. The molecule has 3 amide bonds. The number of aryl methyl sites for hydroxylation is 3. The first-order chi connectivity index (χ1) is 16.2. The van der Waals surface area contributed by atoms with E-state index in [9.17, 15) is 14.4 Å². The Labute approximate surface area is 202 Å². The van der Waals surface area contributed by atoms with Crippen molar-refractivity contribution in [2.45, 2.75) is 46.3 Å². The molecule has 2 aromatic carbocycles. The predicted octanol–water partition coefficient (Wildman–Crippen LogP) is 4.09. The number of aromatic nitrogens is 1. The highest BCUT2D eigenvalue weighted by atomic mass is 32.1. The summed E-state index contributed by atoms with van der Waals surface area (Å²) in [5.74, 6) is -0.658. The second-order valence-electron chi connectivity index (χ2n) is 8.06. The molecule has 0 aliphatic heterocycles. The molecule has 0 bridgehead atoms. The van der Waals surface area contributed by atoms with Crippen LogP contribution in [0.2, 0.25) is 0 Å². The lowest BCUT2D eigenvalue weighted by molar-refractivity contribution is -0.145. The summed E-state index contributed by atoms with van der Waals surface area (Å²) in [6.07, 6.45) is 0.0624. The second kappa shape index (κ2) is 11.4. The van der Waals surface area contributed by atoms with Gasteiger partial charge in [0.25, 0.3) is 0 Å². The van der Waals surface area contributed by atoms with Gasteiger partial charge in [0.05, 0.1) is 24.6 Å². The number of amides is 3. The van der Waals surface area contributed by atoms with Gasteiger partial charge in [-0.2, -0.15) is 0 Å². The zero-order chi connectivity index (χ0) is 24.7. The van der Waals surface area contributed by atoms with Crippen molar-refractivity contribution in [3.05, 3.63) is 80.8 Å². The minimum atomic E-state index is -0.718. The van der Waals surface area contributed by atoms with E-state index < -0.39 is 18.0 Å². The normalized spacial score (nSPS) is 11.5. The van der Waals surface area contributed by atoms with Gasteiger partial charge in [-0.3, -0.25) is 9.59 Å². The molecule has 0 saturated carbocycles. The fraction of sp³-hybridized carbons (Fsp3) is 0.280. The van der Waals surface area contributed by atoms with Gasteiger partial charge < -0.3 is 21.1 Å². The molecule has 0 saturated heterocycles. The van der Waals surface area contributed by atoms with Crippen LogP contribution in [0.5, 0.6) is 0 Å². The molecule has 0 spiro atoms. The van der Waals surface area contributed by atoms with E-state index in [-0.39, 0.29) is 25.4 Å². The molecule has 9 heteroatoms. The number of nitrogens with zero attached hydrogens (tertiary/aromatic N) is 1. The largest absolute Gasteiger partial charge is 0.459 e. The zero-order valence-corrected chi connectivity index (χ0v) is 20.2. The van der Waals surface area contributed by atoms with Crippen molar-refractivity contribution in [1.82, 2.24) is 10.3 Å². The summed E-state index contributed by atoms with van der Waals surface area (Å²) in [4.78, 5) is 40.7. The third-order valence-electron chi connectivity index (χ3n) is 5.21. The fourth-order valence-electron chi connectivity index (χ4n) is 3.47. The molecule has 4 N–H and O–H groups in total. The number of primary amides is 1.